The van der Waals surface area contributed by atoms with Crippen LogP contribution >= 0.6 is 0 Å². The average molecular weight is 308 g/mol. The van der Waals surface area contributed by atoms with E-state index in [1.807, 2.05) is 24.4 Å². The van der Waals surface area contributed by atoms with Crippen LogP contribution in [-0.2, 0) is 11.2 Å². The van der Waals surface area contributed by atoms with Gasteiger partial charge in [-0.1, -0.05) is 18.2 Å². The smallest absolute Gasteiger partial charge is 0.231 e. The molecule has 1 aliphatic rings. The van der Waals surface area contributed by atoms with Crippen molar-refractivity contribution in [3.8, 4) is 11.5 Å². The number of aryl methyl sites for hydroxylation is 1. The number of para-hydroxylation sites is 1. The van der Waals surface area contributed by atoms with Crippen LogP contribution < -0.4 is 14.8 Å². The first-order chi connectivity index (χ1) is 11.2. The summed E-state index contributed by atoms with van der Waals surface area (Å²) in [5, 5.41) is 3.99. The van der Waals surface area contributed by atoms with Crippen LogP contribution in [0.2, 0.25) is 0 Å². The van der Waals surface area contributed by atoms with Crippen LogP contribution in [0.25, 0.3) is 10.9 Å². The fourth-order valence-corrected chi connectivity index (χ4v) is 2.86. The molecule has 5 nitrogen and oxygen atoms in total. The quantitative estimate of drug-likeness (QED) is 0.779. The van der Waals surface area contributed by atoms with Crippen molar-refractivity contribution in [1.82, 2.24) is 4.98 Å². The highest BCUT2D eigenvalue weighted by Crippen LogP contribution is 2.34. The van der Waals surface area contributed by atoms with Gasteiger partial charge in [-0.05, 0) is 30.2 Å². The number of aromatic nitrogens is 1. The van der Waals surface area contributed by atoms with Gasteiger partial charge < -0.3 is 19.8 Å². The van der Waals surface area contributed by atoms with E-state index in [2.05, 4.69) is 23.3 Å². The summed E-state index contributed by atoms with van der Waals surface area (Å²) in [6.45, 7) is 2.27. The van der Waals surface area contributed by atoms with Crippen molar-refractivity contribution in [2.45, 2.75) is 13.3 Å². The molecule has 0 radical (unpaired) electrons. The summed E-state index contributed by atoms with van der Waals surface area (Å²) >= 11 is 0. The topological polar surface area (TPSA) is 63.4 Å². The van der Waals surface area contributed by atoms with Crippen LogP contribution in [0.15, 0.2) is 42.6 Å². The molecular weight excluding hydrogens is 292 g/mol. The number of anilines is 1. The number of hydrogen-bond donors (Lipinski definition) is 2. The summed E-state index contributed by atoms with van der Waals surface area (Å²) in [6.07, 6.45) is 2.22. The van der Waals surface area contributed by atoms with E-state index >= 15 is 0 Å². The Kier molecular flexibility index (Phi) is 3.19. The second-order valence-corrected chi connectivity index (χ2v) is 5.60. The molecule has 2 N–H and O–H groups in total. The summed E-state index contributed by atoms with van der Waals surface area (Å²) in [4.78, 5) is 15.6. The molecule has 5 heteroatoms. The standard InChI is InChI=1S/C18H16N2O3/c1-11-3-2-4-14-12(9-19-18(11)14)7-17(21)20-13-5-6-15-16(8-13)23-10-22-15/h2-6,8-9,19H,7,10H2,1H3,(H,20,21). The minimum atomic E-state index is -0.0636. The van der Waals surface area contributed by atoms with Gasteiger partial charge >= 0.3 is 0 Å². The first-order valence-electron chi connectivity index (χ1n) is 7.46. The third kappa shape index (κ3) is 2.50. The zero-order chi connectivity index (χ0) is 15.8. The van der Waals surface area contributed by atoms with Gasteiger partial charge in [0.15, 0.2) is 11.5 Å². The Hall–Kier alpha value is -2.95. The van der Waals surface area contributed by atoms with Crippen molar-refractivity contribution in [2.24, 2.45) is 0 Å². The van der Waals surface area contributed by atoms with Gasteiger partial charge in [-0.3, -0.25) is 4.79 Å². The Labute approximate surface area is 133 Å². The molecule has 0 bridgehead atoms. The Morgan fingerprint density at radius 3 is 3.00 bits per heavy atom. The number of nitrogens with one attached hydrogen (secondary N) is 2. The minimum Gasteiger partial charge on any atom is -0.454 e. The van der Waals surface area contributed by atoms with Crippen LogP contribution in [-0.4, -0.2) is 17.7 Å². The van der Waals surface area contributed by atoms with Crippen LogP contribution in [0.4, 0.5) is 5.69 Å². The molecule has 0 fully saturated rings. The van der Waals surface area contributed by atoms with Crippen LogP contribution in [0.1, 0.15) is 11.1 Å². The van der Waals surface area contributed by atoms with Crippen molar-refractivity contribution in [2.75, 3.05) is 12.1 Å². The highest BCUT2D eigenvalue weighted by molar-refractivity contribution is 5.96. The normalized spacial score (nSPS) is 12.6. The number of fused-ring (bicyclic) bond motifs is 2. The molecule has 0 saturated heterocycles. The predicted molar refractivity (Wildman–Crippen MR) is 87.9 cm³/mol. The summed E-state index contributed by atoms with van der Waals surface area (Å²) in [7, 11) is 0. The molecule has 1 aliphatic heterocycles. The van der Waals surface area contributed by atoms with Gasteiger partial charge in [0, 0.05) is 28.9 Å². The van der Waals surface area contributed by atoms with Crippen LogP contribution in [0.5, 0.6) is 11.5 Å². The first-order valence-corrected chi connectivity index (χ1v) is 7.46. The van der Waals surface area contributed by atoms with E-state index in [1.54, 1.807) is 12.1 Å². The van der Waals surface area contributed by atoms with Crippen LogP contribution in [0, 0.1) is 6.92 Å². The third-order valence-electron chi connectivity index (χ3n) is 4.02. The molecule has 3 aromatic rings. The van der Waals surface area contributed by atoms with Gasteiger partial charge in [-0.15, -0.1) is 0 Å². The van der Waals surface area contributed by atoms with E-state index in [9.17, 15) is 4.79 Å². The molecule has 0 unspecified atom stereocenters. The van der Waals surface area contributed by atoms with Crippen molar-refractivity contribution >= 4 is 22.5 Å². The maximum atomic E-state index is 12.3. The monoisotopic (exact) mass is 308 g/mol. The number of ether oxygens (including phenoxy) is 2. The van der Waals surface area contributed by atoms with Gasteiger partial charge in [-0.25, -0.2) is 0 Å². The second-order valence-electron chi connectivity index (χ2n) is 5.60. The summed E-state index contributed by atoms with van der Waals surface area (Å²) in [5.74, 6) is 1.30. The molecule has 2 heterocycles. The first kappa shape index (κ1) is 13.7. The number of amides is 1. The Balaban J connectivity index is 1.52. The Bertz CT molecular complexity index is 898. The summed E-state index contributed by atoms with van der Waals surface area (Å²) in [5.41, 5.74) is 3.94. The van der Waals surface area contributed by atoms with Crippen molar-refractivity contribution in [3.05, 3.63) is 53.7 Å². The number of aromatic amines is 1. The zero-order valence-electron chi connectivity index (χ0n) is 12.7. The highest BCUT2D eigenvalue weighted by Gasteiger charge is 2.15. The molecule has 116 valence electrons. The SMILES string of the molecule is Cc1cccc2c(CC(=O)Nc3ccc4c(c3)OCO4)c[nH]c12. The number of hydrogen-bond acceptors (Lipinski definition) is 3. The fourth-order valence-electron chi connectivity index (χ4n) is 2.86. The lowest BCUT2D eigenvalue weighted by atomic mass is 10.1. The highest BCUT2D eigenvalue weighted by atomic mass is 16.7. The number of rotatable bonds is 3. The lowest BCUT2D eigenvalue weighted by Gasteiger charge is -2.06. The molecule has 0 spiro atoms. The number of carbonyl (C=O) groups excluding carboxylic acids is 1. The number of benzene rings is 2. The Morgan fingerprint density at radius 2 is 2.09 bits per heavy atom. The lowest BCUT2D eigenvalue weighted by Crippen LogP contribution is -2.14. The summed E-state index contributed by atoms with van der Waals surface area (Å²) < 4.78 is 10.6. The number of carbonyl (C=O) groups is 1. The predicted octanol–water partition coefficient (Wildman–Crippen LogP) is 3.39. The molecule has 1 amide bonds. The molecule has 23 heavy (non-hydrogen) atoms. The van der Waals surface area contributed by atoms with Crippen molar-refractivity contribution < 1.29 is 14.3 Å². The summed E-state index contributed by atoms with van der Waals surface area (Å²) in [6, 6.07) is 11.5. The van der Waals surface area contributed by atoms with Crippen molar-refractivity contribution in [3.63, 3.8) is 0 Å². The third-order valence-corrected chi connectivity index (χ3v) is 4.02. The molecule has 0 aliphatic carbocycles. The average Bonchev–Trinajstić information content (AvgIpc) is 3.15. The Morgan fingerprint density at radius 1 is 1.22 bits per heavy atom. The lowest BCUT2D eigenvalue weighted by molar-refractivity contribution is -0.115. The maximum absolute atomic E-state index is 12.3. The van der Waals surface area contributed by atoms with E-state index in [1.165, 1.54) is 5.56 Å². The molecule has 1 aromatic heterocycles. The minimum absolute atomic E-state index is 0.0636. The van der Waals surface area contributed by atoms with Crippen LogP contribution in [0.3, 0.4) is 0 Å². The van der Waals surface area contributed by atoms with Gasteiger partial charge in [0.1, 0.15) is 0 Å². The molecule has 0 atom stereocenters. The van der Waals surface area contributed by atoms with Gasteiger partial charge in [-0.2, -0.15) is 0 Å². The van der Waals surface area contributed by atoms with E-state index in [4.69, 9.17) is 9.47 Å². The van der Waals surface area contributed by atoms with E-state index in [0.717, 1.165) is 16.5 Å². The molecule has 4 rings (SSSR count). The molecule has 2 aromatic carbocycles. The second kappa shape index (κ2) is 5.35. The maximum Gasteiger partial charge on any atom is 0.231 e. The van der Waals surface area contributed by atoms with Crippen molar-refractivity contribution in [1.29, 1.82) is 0 Å². The zero-order valence-corrected chi connectivity index (χ0v) is 12.7. The van der Waals surface area contributed by atoms with Gasteiger partial charge in [0.25, 0.3) is 0 Å². The van der Waals surface area contributed by atoms with E-state index in [-0.39, 0.29) is 12.7 Å². The molecule has 0 saturated carbocycles. The van der Waals surface area contributed by atoms with Gasteiger partial charge in [0.05, 0.1) is 6.42 Å². The molecular formula is C18H16N2O3. The van der Waals surface area contributed by atoms with Gasteiger partial charge in [0.2, 0.25) is 12.7 Å². The fraction of sp³-hybridized carbons (Fsp3) is 0.167. The number of H-pyrrole nitrogens is 1. The largest absolute Gasteiger partial charge is 0.454 e. The van der Waals surface area contributed by atoms with E-state index in [0.29, 0.717) is 23.6 Å². The van der Waals surface area contributed by atoms with E-state index < -0.39 is 0 Å².